The number of nitriles is 1. The van der Waals surface area contributed by atoms with Crippen LogP contribution >= 0.6 is 11.8 Å². The van der Waals surface area contributed by atoms with Crippen molar-refractivity contribution < 1.29 is 13.9 Å². The minimum atomic E-state index is -0.424. The Morgan fingerprint density at radius 2 is 2.15 bits per heavy atom. The van der Waals surface area contributed by atoms with Gasteiger partial charge in [-0.2, -0.15) is 5.26 Å². The number of pyridine rings is 1. The third-order valence-corrected chi connectivity index (χ3v) is 4.55. The van der Waals surface area contributed by atoms with Gasteiger partial charge < -0.3 is 10.1 Å². The maximum atomic E-state index is 13.2. The Morgan fingerprint density at radius 1 is 1.31 bits per heavy atom. The molecule has 0 fully saturated rings. The molecule has 1 aromatic heterocycles. The Morgan fingerprint density at radius 3 is 2.88 bits per heavy atom. The normalized spacial score (nSPS) is 10.3. The molecule has 5 nitrogen and oxygen atoms in total. The molecule has 0 aliphatic rings. The van der Waals surface area contributed by atoms with E-state index < -0.39 is 5.82 Å². The second kappa shape index (κ2) is 7.85. The van der Waals surface area contributed by atoms with Crippen molar-refractivity contribution in [2.75, 3.05) is 18.2 Å². The van der Waals surface area contributed by atoms with Crippen molar-refractivity contribution in [2.45, 2.75) is 5.03 Å². The number of amides is 1. The molecule has 0 aliphatic carbocycles. The first-order valence-corrected chi connectivity index (χ1v) is 8.65. The average Bonchev–Trinajstić information content (AvgIpc) is 2.65. The van der Waals surface area contributed by atoms with Crippen LogP contribution < -0.4 is 10.1 Å². The van der Waals surface area contributed by atoms with E-state index in [1.54, 1.807) is 31.4 Å². The van der Waals surface area contributed by atoms with Crippen LogP contribution in [-0.4, -0.2) is 23.8 Å². The standard InChI is InChI=1S/C19H14FN3O2S/c1-25-16-6-5-12-7-13(10-21)19(23-17(12)9-16)26-11-18(24)22-15-4-2-3-14(20)8-15/h2-9H,11H2,1H3,(H,22,24). The zero-order valence-electron chi connectivity index (χ0n) is 13.8. The minimum Gasteiger partial charge on any atom is -0.497 e. The zero-order chi connectivity index (χ0) is 18.5. The van der Waals surface area contributed by atoms with Crippen molar-refractivity contribution in [3.8, 4) is 11.8 Å². The molecule has 2 aromatic carbocycles. The minimum absolute atomic E-state index is 0.0493. The molecule has 1 N–H and O–H groups in total. The van der Waals surface area contributed by atoms with Crippen LogP contribution in [0.3, 0.4) is 0 Å². The van der Waals surface area contributed by atoms with Gasteiger partial charge in [-0.25, -0.2) is 9.37 Å². The van der Waals surface area contributed by atoms with E-state index in [2.05, 4.69) is 16.4 Å². The summed E-state index contributed by atoms with van der Waals surface area (Å²) in [6.45, 7) is 0. The first-order valence-electron chi connectivity index (χ1n) is 7.66. The highest BCUT2D eigenvalue weighted by molar-refractivity contribution is 8.00. The Labute approximate surface area is 153 Å². The third kappa shape index (κ3) is 4.10. The number of fused-ring (bicyclic) bond motifs is 1. The van der Waals surface area contributed by atoms with E-state index in [0.29, 0.717) is 27.5 Å². The van der Waals surface area contributed by atoms with E-state index in [1.165, 1.54) is 18.2 Å². The van der Waals surface area contributed by atoms with Crippen molar-refractivity contribution in [1.82, 2.24) is 4.98 Å². The summed E-state index contributed by atoms with van der Waals surface area (Å²) >= 11 is 1.15. The van der Waals surface area contributed by atoms with Gasteiger partial charge in [0.05, 0.1) is 23.9 Å². The molecule has 0 bridgehead atoms. The van der Waals surface area contributed by atoms with Crippen molar-refractivity contribution >= 4 is 34.3 Å². The van der Waals surface area contributed by atoms with Gasteiger partial charge in [0, 0.05) is 17.1 Å². The second-order valence-electron chi connectivity index (χ2n) is 5.36. The number of hydrogen-bond acceptors (Lipinski definition) is 5. The largest absolute Gasteiger partial charge is 0.497 e. The first kappa shape index (κ1) is 17.7. The number of rotatable bonds is 5. The number of halogens is 1. The Balaban J connectivity index is 1.77. The predicted octanol–water partition coefficient (Wildman–Crippen LogP) is 3.98. The molecule has 0 unspecified atom stereocenters. The summed E-state index contributed by atoms with van der Waals surface area (Å²) < 4.78 is 18.4. The van der Waals surface area contributed by atoms with Crippen LogP contribution in [0.5, 0.6) is 5.75 Å². The average molecular weight is 367 g/mol. The van der Waals surface area contributed by atoms with Gasteiger partial charge in [0.25, 0.3) is 0 Å². The molecule has 0 aliphatic heterocycles. The van der Waals surface area contributed by atoms with E-state index >= 15 is 0 Å². The highest BCUT2D eigenvalue weighted by Gasteiger charge is 2.11. The van der Waals surface area contributed by atoms with Gasteiger partial charge in [0.15, 0.2) is 0 Å². The number of aromatic nitrogens is 1. The smallest absolute Gasteiger partial charge is 0.234 e. The topological polar surface area (TPSA) is 75.0 Å². The monoisotopic (exact) mass is 367 g/mol. The fourth-order valence-corrected chi connectivity index (χ4v) is 3.11. The first-order chi connectivity index (χ1) is 12.6. The molecule has 3 rings (SSSR count). The summed E-state index contributed by atoms with van der Waals surface area (Å²) in [5.41, 5.74) is 1.45. The fraction of sp³-hybridized carbons (Fsp3) is 0.105. The lowest BCUT2D eigenvalue weighted by Crippen LogP contribution is -2.14. The van der Waals surface area contributed by atoms with Crippen molar-refractivity contribution in [1.29, 1.82) is 5.26 Å². The Kier molecular flexibility index (Phi) is 5.34. The summed E-state index contributed by atoms with van der Waals surface area (Å²) in [6, 6.07) is 14.9. The van der Waals surface area contributed by atoms with Gasteiger partial charge >= 0.3 is 0 Å². The fourth-order valence-electron chi connectivity index (χ4n) is 2.34. The summed E-state index contributed by atoms with van der Waals surface area (Å²) in [4.78, 5) is 16.5. The summed E-state index contributed by atoms with van der Waals surface area (Å²) in [5, 5.41) is 13.2. The van der Waals surface area contributed by atoms with Crippen molar-refractivity contribution in [3.05, 3.63) is 59.9 Å². The summed E-state index contributed by atoms with van der Waals surface area (Å²) in [7, 11) is 1.57. The molecule has 1 amide bonds. The van der Waals surface area contributed by atoms with Crippen LogP contribution in [-0.2, 0) is 4.79 Å². The number of methoxy groups -OCH3 is 1. The predicted molar refractivity (Wildman–Crippen MR) is 98.8 cm³/mol. The van der Waals surface area contributed by atoms with Crippen molar-refractivity contribution in [2.24, 2.45) is 0 Å². The molecule has 0 radical (unpaired) electrons. The summed E-state index contributed by atoms with van der Waals surface area (Å²) in [5.74, 6) is -0.0212. The number of hydrogen-bond donors (Lipinski definition) is 1. The molecule has 26 heavy (non-hydrogen) atoms. The van der Waals surface area contributed by atoms with E-state index in [-0.39, 0.29) is 11.7 Å². The Hall–Kier alpha value is -3.11. The molecule has 0 saturated heterocycles. The number of nitrogens with zero attached hydrogens (tertiary/aromatic N) is 2. The highest BCUT2D eigenvalue weighted by atomic mass is 32.2. The van der Waals surface area contributed by atoms with Gasteiger partial charge in [-0.3, -0.25) is 4.79 Å². The molecule has 3 aromatic rings. The Bertz CT molecular complexity index is 1020. The zero-order valence-corrected chi connectivity index (χ0v) is 14.6. The summed E-state index contributed by atoms with van der Waals surface area (Å²) in [6.07, 6.45) is 0. The van der Waals surface area contributed by atoms with Crippen LogP contribution in [0.1, 0.15) is 5.56 Å². The molecule has 0 atom stereocenters. The number of benzene rings is 2. The van der Waals surface area contributed by atoms with Crippen LogP contribution in [0.4, 0.5) is 10.1 Å². The molecule has 0 saturated carbocycles. The van der Waals surface area contributed by atoms with Crippen LogP contribution in [0.2, 0.25) is 0 Å². The van der Waals surface area contributed by atoms with Crippen molar-refractivity contribution in [3.63, 3.8) is 0 Å². The van der Waals surface area contributed by atoms with E-state index in [9.17, 15) is 14.4 Å². The van der Waals surface area contributed by atoms with Crippen LogP contribution in [0.15, 0.2) is 53.6 Å². The van der Waals surface area contributed by atoms with Crippen LogP contribution in [0, 0.1) is 17.1 Å². The lowest BCUT2D eigenvalue weighted by Gasteiger charge is -2.08. The number of thioether (sulfide) groups is 1. The highest BCUT2D eigenvalue weighted by Crippen LogP contribution is 2.27. The van der Waals surface area contributed by atoms with Gasteiger partial charge in [0.1, 0.15) is 22.7 Å². The molecular weight excluding hydrogens is 353 g/mol. The quantitative estimate of drug-likeness (QED) is 0.690. The number of carbonyl (C=O) groups is 1. The van der Waals surface area contributed by atoms with E-state index in [1.807, 2.05) is 6.07 Å². The molecule has 130 valence electrons. The molecule has 7 heteroatoms. The van der Waals surface area contributed by atoms with Gasteiger partial charge in [0.2, 0.25) is 5.91 Å². The van der Waals surface area contributed by atoms with E-state index in [0.717, 1.165) is 17.1 Å². The third-order valence-electron chi connectivity index (χ3n) is 3.56. The number of ether oxygens (including phenoxy) is 1. The molecular formula is C19H14FN3O2S. The number of anilines is 1. The SMILES string of the molecule is COc1ccc2cc(C#N)c(SCC(=O)Nc3cccc(F)c3)nc2c1. The lowest BCUT2D eigenvalue weighted by atomic mass is 10.1. The lowest BCUT2D eigenvalue weighted by molar-refractivity contribution is -0.113. The van der Waals surface area contributed by atoms with E-state index in [4.69, 9.17) is 4.74 Å². The van der Waals surface area contributed by atoms with Crippen LogP contribution in [0.25, 0.3) is 10.9 Å². The molecule has 0 spiro atoms. The van der Waals surface area contributed by atoms with Gasteiger partial charge in [-0.1, -0.05) is 17.8 Å². The second-order valence-corrected chi connectivity index (χ2v) is 6.32. The maximum absolute atomic E-state index is 13.2. The number of carbonyl (C=O) groups excluding carboxylic acids is 1. The molecule has 1 heterocycles. The number of nitrogens with one attached hydrogen (secondary N) is 1. The van der Waals surface area contributed by atoms with Gasteiger partial charge in [-0.15, -0.1) is 0 Å². The van der Waals surface area contributed by atoms with Gasteiger partial charge in [-0.05, 0) is 36.4 Å². The maximum Gasteiger partial charge on any atom is 0.234 e.